The second-order valence-corrected chi connectivity index (χ2v) is 18.7. The standard InChI is InChI=1S/C63H45F3N4/c1-36-25-38(3)61(39(4)26-36)45-18-23-58-51(32-45)48-11-7-9-13-55(48)69(58)57-21-16-42(34-67)29-50(57)53-31-44(47-20-15-43(35-68)30-54(47)63(64,65)66)17-22-60(53)70-56-14-10-8-12-49(56)52-33-46(19-24-59(52)70)62-40(5)27-37(2)28-41(62)6/h7-33H,1-6H3. The molecule has 0 atom stereocenters. The van der Waals surface area contributed by atoms with Crippen LogP contribution in [-0.2, 0) is 6.18 Å². The first-order valence-electron chi connectivity index (χ1n) is 23.3. The van der Waals surface area contributed by atoms with E-state index in [2.05, 4.69) is 142 Å². The molecule has 11 aromatic rings. The lowest BCUT2D eigenvalue weighted by molar-refractivity contribution is -0.137. The summed E-state index contributed by atoms with van der Waals surface area (Å²) < 4.78 is 49.5. The third-order valence-electron chi connectivity index (χ3n) is 13.9. The van der Waals surface area contributed by atoms with Crippen molar-refractivity contribution < 1.29 is 13.2 Å². The largest absolute Gasteiger partial charge is 0.417 e. The monoisotopic (exact) mass is 914 g/mol. The van der Waals surface area contributed by atoms with E-state index in [0.717, 1.165) is 72.2 Å². The zero-order valence-corrected chi connectivity index (χ0v) is 39.5. The average molecular weight is 915 g/mol. The highest BCUT2D eigenvalue weighted by molar-refractivity contribution is 6.13. The van der Waals surface area contributed by atoms with Gasteiger partial charge in [-0.05, 0) is 176 Å². The molecular formula is C63H45F3N4. The summed E-state index contributed by atoms with van der Waals surface area (Å²) in [5.74, 6) is 0. The van der Waals surface area contributed by atoms with Crippen LogP contribution in [0.3, 0.4) is 0 Å². The Morgan fingerprint density at radius 1 is 0.386 bits per heavy atom. The van der Waals surface area contributed by atoms with Crippen molar-refractivity contribution >= 4 is 43.6 Å². The fraction of sp³-hybridized carbons (Fsp3) is 0.111. The van der Waals surface area contributed by atoms with Crippen LogP contribution in [0.2, 0.25) is 0 Å². The first-order chi connectivity index (χ1) is 33.7. The minimum Gasteiger partial charge on any atom is -0.309 e. The third-order valence-corrected chi connectivity index (χ3v) is 13.9. The summed E-state index contributed by atoms with van der Waals surface area (Å²) in [5.41, 5.74) is 17.9. The summed E-state index contributed by atoms with van der Waals surface area (Å²) >= 11 is 0. The number of aryl methyl sites for hydroxylation is 6. The molecule has 0 bridgehead atoms. The van der Waals surface area contributed by atoms with Crippen LogP contribution >= 0.6 is 0 Å². The Morgan fingerprint density at radius 3 is 1.29 bits per heavy atom. The van der Waals surface area contributed by atoms with Gasteiger partial charge in [0.25, 0.3) is 0 Å². The van der Waals surface area contributed by atoms with Crippen LogP contribution in [0.1, 0.15) is 50.1 Å². The minimum absolute atomic E-state index is 0.0564. The molecule has 2 heterocycles. The number of para-hydroxylation sites is 2. The molecule has 0 spiro atoms. The molecule has 0 aliphatic carbocycles. The number of hydrogen-bond acceptors (Lipinski definition) is 2. The quantitative estimate of drug-likeness (QED) is 0.167. The maximum absolute atomic E-state index is 15.0. The highest BCUT2D eigenvalue weighted by Gasteiger charge is 2.34. The van der Waals surface area contributed by atoms with Crippen molar-refractivity contribution in [1.29, 1.82) is 10.5 Å². The summed E-state index contributed by atoms with van der Waals surface area (Å²) in [6.45, 7) is 12.8. The third kappa shape index (κ3) is 7.13. The zero-order valence-electron chi connectivity index (χ0n) is 39.5. The van der Waals surface area contributed by atoms with Gasteiger partial charge in [0.2, 0.25) is 0 Å². The van der Waals surface area contributed by atoms with Crippen molar-refractivity contribution in [3.63, 3.8) is 0 Å². The Morgan fingerprint density at radius 2 is 0.800 bits per heavy atom. The number of hydrogen-bond donors (Lipinski definition) is 0. The summed E-state index contributed by atoms with van der Waals surface area (Å²) in [4.78, 5) is 0. The summed E-state index contributed by atoms with van der Waals surface area (Å²) in [7, 11) is 0. The van der Waals surface area contributed by atoms with Gasteiger partial charge in [0.15, 0.2) is 0 Å². The van der Waals surface area contributed by atoms with E-state index < -0.39 is 11.7 Å². The summed E-state index contributed by atoms with van der Waals surface area (Å²) in [6, 6.07) is 57.4. The van der Waals surface area contributed by atoms with E-state index in [9.17, 15) is 10.5 Å². The van der Waals surface area contributed by atoms with Gasteiger partial charge in [-0.25, -0.2) is 0 Å². The molecule has 7 heteroatoms. The fourth-order valence-electron chi connectivity index (χ4n) is 11.3. The van der Waals surface area contributed by atoms with Crippen LogP contribution in [0.4, 0.5) is 13.2 Å². The molecule has 338 valence electrons. The van der Waals surface area contributed by atoms with Crippen molar-refractivity contribution in [1.82, 2.24) is 9.13 Å². The van der Waals surface area contributed by atoms with Crippen molar-refractivity contribution in [2.24, 2.45) is 0 Å². The van der Waals surface area contributed by atoms with E-state index in [1.54, 1.807) is 12.1 Å². The predicted octanol–water partition coefficient (Wildman–Crippen LogP) is 17.2. The SMILES string of the molecule is Cc1cc(C)c(-c2ccc3c(c2)c2ccccc2n3-c2ccc(C#N)cc2-c2cc(-c3ccc(C#N)cc3C(F)(F)F)ccc2-n2c3ccccc3c3cc(-c4c(C)cc(C)cc4C)ccc32)c(C)c1. The van der Waals surface area contributed by atoms with E-state index >= 15 is 13.2 Å². The van der Waals surface area contributed by atoms with E-state index in [1.807, 2.05) is 54.6 Å². The Bertz CT molecular complexity index is 4050. The number of fused-ring (bicyclic) bond motifs is 6. The molecular weight excluding hydrogens is 870 g/mol. The van der Waals surface area contributed by atoms with Gasteiger partial charge in [0.05, 0.1) is 62.3 Å². The highest BCUT2D eigenvalue weighted by Crippen LogP contribution is 2.46. The molecule has 0 saturated heterocycles. The topological polar surface area (TPSA) is 57.4 Å². The molecule has 70 heavy (non-hydrogen) atoms. The van der Waals surface area contributed by atoms with Crippen molar-refractivity contribution in [3.05, 3.63) is 214 Å². The van der Waals surface area contributed by atoms with E-state index in [0.29, 0.717) is 22.3 Å². The second-order valence-electron chi connectivity index (χ2n) is 18.7. The van der Waals surface area contributed by atoms with Crippen LogP contribution in [0, 0.1) is 64.2 Å². The molecule has 4 nitrogen and oxygen atoms in total. The molecule has 0 N–H and O–H groups in total. The Labute approximate surface area is 404 Å². The molecule has 0 amide bonds. The van der Waals surface area contributed by atoms with Gasteiger partial charge >= 0.3 is 6.18 Å². The Hall–Kier alpha value is -8.65. The van der Waals surface area contributed by atoms with Gasteiger partial charge in [-0.2, -0.15) is 23.7 Å². The number of nitriles is 2. The van der Waals surface area contributed by atoms with Crippen LogP contribution in [0.15, 0.2) is 164 Å². The van der Waals surface area contributed by atoms with Gasteiger partial charge in [-0.15, -0.1) is 0 Å². The lowest BCUT2D eigenvalue weighted by Crippen LogP contribution is -2.08. The fourth-order valence-corrected chi connectivity index (χ4v) is 11.3. The molecule has 0 fully saturated rings. The highest BCUT2D eigenvalue weighted by atomic mass is 19.4. The van der Waals surface area contributed by atoms with Gasteiger partial charge in [0.1, 0.15) is 0 Å². The van der Waals surface area contributed by atoms with Crippen molar-refractivity contribution in [2.75, 3.05) is 0 Å². The van der Waals surface area contributed by atoms with Crippen LogP contribution < -0.4 is 0 Å². The number of aromatic nitrogens is 2. The number of benzene rings is 9. The van der Waals surface area contributed by atoms with Crippen LogP contribution in [0.25, 0.3) is 99.5 Å². The van der Waals surface area contributed by atoms with Gasteiger partial charge in [-0.1, -0.05) is 96.1 Å². The first-order valence-corrected chi connectivity index (χ1v) is 23.3. The van der Waals surface area contributed by atoms with Gasteiger partial charge in [-0.3, -0.25) is 0 Å². The first kappa shape index (κ1) is 43.9. The Balaban J connectivity index is 1.23. The molecule has 2 aromatic heterocycles. The lowest BCUT2D eigenvalue weighted by Gasteiger charge is -2.21. The van der Waals surface area contributed by atoms with Crippen molar-refractivity contribution in [3.8, 4) is 68.0 Å². The summed E-state index contributed by atoms with van der Waals surface area (Å²) in [5, 5.41) is 24.4. The van der Waals surface area contributed by atoms with E-state index in [4.69, 9.17) is 0 Å². The summed E-state index contributed by atoms with van der Waals surface area (Å²) in [6.07, 6.45) is -4.75. The number of halogens is 3. The van der Waals surface area contributed by atoms with Gasteiger partial charge in [0, 0.05) is 32.7 Å². The normalized spacial score (nSPS) is 11.8. The van der Waals surface area contributed by atoms with E-state index in [-0.39, 0.29) is 11.1 Å². The second kappa shape index (κ2) is 16.5. The molecule has 0 aliphatic rings. The molecule has 9 aromatic carbocycles. The molecule has 0 saturated carbocycles. The lowest BCUT2D eigenvalue weighted by atomic mass is 9.92. The molecule has 0 radical (unpaired) electrons. The average Bonchev–Trinajstić information content (AvgIpc) is 3.84. The number of alkyl halides is 3. The van der Waals surface area contributed by atoms with Crippen molar-refractivity contribution in [2.45, 2.75) is 47.7 Å². The Kier molecular flexibility index (Phi) is 10.4. The molecule has 0 unspecified atom stereocenters. The van der Waals surface area contributed by atoms with Crippen LogP contribution in [0.5, 0.6) is 0 Å². The smallest absolute Gasteiger partial charge is 0.309 e. The maximum Gasteiger partial charge on any atom is 0.417 e. The number of rotatable bonds is 6. The van der Waals surface area contributed by atoms with E-state index in [1.165, 1.54) is 56.6 Å². The predicted molar refractivity (Wildman–Crippen MR) is 280 cm³/mol. The van der Waals surface area contributed by atoms with Gasteiger partial charge < -0.3 is 9.13 Å². The maximum atomic E-state index is 15.0. The molecule has 0 aliphatic heterocycles. The molecule has 11 rings (SSSR count). The number of nitrogens with zero attached hydrogens (tertiary/aromatic N) is 4. The zero-order chi connectivity index (χ0) is 48.7. The van der Waals surface area contributed by atoms with Crippen LogP contribution in [-0.4, -0.2) is 9.13 Å². The minimum atomic E-state index is -4.75.